The lowest BCUT2D eigenvalue weighted by Crippen LogP contribution is -1.98. The first-order valence-corrected chi connectivity index (χ1v) is 5.18. The molecule has 7 heteroatoms. The minimum absolute atomic E-state index is 0.137. The van der Waals surface area contributed by atoms with Crippen LogP contribution < -0.4 is 0 Å². The molecule has 0 saturated heterocycles. The van der Waals surface area contributed by atoms with E-state index in [1.807, 2.05) is 0 Å². The summed E-state index contributed by atoms with van der Waals surface area (Å²) in [6, 6.07) is 7.93. The molecule has 1 aromatic carbocycles. The van der Waals surface area contributed by atoms with E-state index in [4.69, 9.17) is 5.11 Å². The van der Waals surface area contributed by atoms with Gasteiger partial charge >= 0.3 is 0 Å². The lowest BCUT2D eigenvalue weighted by Gasteiger charge is -1.97. The summed E-state index contributed by atoms with van der Waals surface area (Å²) in [5.74, 6) is -0.153. The Balaban J connectivity index is 0.000000288. The van der Waals surface area contributed by atoms with Crippen LogP contribution >= 0.6 is 0 Å². The first-order valence-electron chi connectivity index (χ1n) is 3.94. The van der Waals surface area contributed by atoms with Gasteiger partial charge in [0.25, 0.3) is 5.69 Å². The Labute approximate surface area is 89.0 Å². The van der Waals surface area contributed by atoms with Crippen LogP contribution in [0.5, 0.6) is 0 Å². The standard InChI is InChI=1S/C6H5NO2.C2H6O3S/c8-7(9)6-4-2-1-3-5-6;3-1-2-6(4)5/h1-5H;3H,1-2H2,(H,4,5)/p-1. The van der Waals surface area contributed by atoms with Crippen molar-refractivity contribution in [1.29, 1.82) is 0 Å². The second-order valence-electron chi connectivity index (χ2n) is 2.32. The number of nitro benzene ring substituents is 1. The van der Waals surface area contributed by atoms with E-state index >= 15 is 0 Å². The van der Waals surface area contributed by atoms with E-state index in [-0.39, 0.29) is 18.0 Å². The van der Waals surface area contributed by atoms with Crippen LogP contribution in [-0.2, 0) is 11.1 Å². The number of nitro groups is 1. The predicted molar refractivity (Wildman–Crippen MR) is 54.0 cm³/mol. The van der Waals surface area contributed by atoms with Gasteiger partial charge in [0.05, 0.1) is 11.5 Å². The van der Waals surface area contributed by atoms with Crippen LogP contribution in [0.15, 0.2) is 30.3 Å². The number of benzene rings is 1. The van der Waals surface area contributed by atoms with Crippen molar-refractivity contribution >= 4 is 16.8 Å². The van der Waals surface area contributed by atoms with Gasteiger partial charge < -0.3 is 9.66 Å². The zero-order valence-electron chi connectivity index (χ0n) is 7.74. The number of non-ortho nitro benzene ring substituents is 1. The van der Waals surface area contributed by atoms with Crippen molar-refractivity contribution in [2.75, 3.05) is 12.4 Å². The van der Waals surface area contributed by atoms with Crippen LogP contribution in [0.4, 0.5) is 5.69 Å². The van der Waals surface area contributed by atoms with Crippen molar-refractivity contribution in [3.8, 4) is 0 Å². The highest BCUT2D eigenvalue weighted by molar-refractivity contribution is 7.79. The van der Waals surface area contributed by atoms with Crippen LogP contribution in [0.1, 0.15) is 0 Å². The maximum Gasteiger partial charge on any atom is 0.269 e. The second-order valence-corrected chi connectivity index (χ2v) is 3.34. The lowest BCUT2D eigenvalue weighted by molar-refractivity contribution is -0.384. The van der Waals surface area contributed by atoms with Crippen LogP contribution in [0.25, 0.3) is 0 Å². The highest BCUT2D eigenvalue weighted by atomic mass is 32.2. The van der Waals surface area contributed by atoms with Crippen molar-refractivity contribution < 1.29 is 18.8 Å². The number of hydrogen-bond acceptors (Lipinski definition) is 5. The van der Waals surface area contributed by atoms with Gasteiger partial charge in [-0.1, -0.05) is 29.3 Å². The van der Waals surface area contributed by atoms with Crippen LogP contribution in [0, 0.1) is 10.1 Å². The van der Waals surface area contributed by atoms with Crippen molar-refractivity contribution in [3.05, 3.63) is 40.4 Å². The molecule has 0 saturated carbocycles. The molecule has 15 heavy (non-hydrogen) atoms. The molecule has 0 aliphatic heterocycles. The Morgan fingerprint density at radius 1 is 1.33 bits per heavy atom. The number of rotatable bonds is 3. The third-order valence-electron chi connectivity index (χ3n) is 1.22. The molecule has 84 valence electrons. The maximum absolute atomic E-state index is 10.0. The Morgan fingerprint density at radius 3 is 2.07 bits per heavy atom. The van der Waals surface area contributed by atoms with Crippen LogP contribution in [0.3, 0.4) is 0 Å². The lowest BCUT2D eigenvalue weighted by atomic mass is 10.3. The summed E-state index contributed by atoms with van der Waals surface area (Å²) in [6.45, 7) is -0.282. The average Bonchev–Trinajstić information content (AvgIpc) is 2.20. The zero-order chi connectivity index (χ0) is 11.7. The number of nitrogens with zero attached hydrogens (tertiary/aromatic N) is 1. The Hall–Kier alpha value is -1.31. The molecule has 0 fully saturated rings. The van der Waals surface area contributed by atoms with E-state index in [0.717, 1.165) is 0 Å². The number of aliphatic hydroxyl groups excluding tert-OH is 1. The van der Waals surface area contributed by atoms with Gasteiger partial charge in [-0.05, 0) is 0 Å². The van der Waals surface area contributed by atoms with Crippen molar-refractivity contribution in [3.63, 3.8) is 0 Å². The third kappa shape index (κ3) is 7.74. The summed E-state index contributed by atoms with van der Waals surface area (Å²) in [7, 11) is 0. The molecule has 1 unspecified atom stereocenters. The number of aliphatic hydroxyl groups is 1. The largest absolute Gasteiger partial charge is 0.772 e. The van der Waals surface area contributed by atoms with E-state index in [2.05, 4.69) is 0 Å². The van der Waals surface area contributed by atoms with Gasteiger partial charge in [0.1, 0.15) is 0 Å². The van der Waals surface area contributed by atoms with Crippen molar-refractivity contribution in [1.82, 2.24) is 0 Å². The van der Waals surface area contributed by atoms with E-state index in [1.165, 1.54) is 12.1 Å². The number of hydrogen-bond donors (Lipinski definition) is 1. The molecule has 6 nitrogen and oxygen atoms in total. The van der Waals surface area contributed by atoms with Gasteiger partial charge in [0, 0.05) is 17.9 Å². The van der Waals surface area contributed by atoms with Crippen molar-refractivity contribution in [2.24, 2.45) is 0 Å². The molecule has 0 radical (unpaired) electrons. The monoisotopic (exact) mass is 232 g/mol. The minimum Gasteiger partial charge on any atom is -0.772 e. The molecular weight excluding hydrogens is 222 g/mol. The second kappa shape index (κ2) is 8.04. The fraction of sp³-hybridized carbons (Fsp3) is 0.250. The summed E-state index contributed by atoms with van der Waals surface area (Å²) >= 11 is -2.07. The molecule has 1 rings (SSSR count). The highest BCUT2D eigenvalue weighted by Crippen LogP contribution is 2.06. The van der Waals surface area contributed by atoms with Gasteiger partial charge in [0.2, 0.25) is 0 Å². The van der Waals surface area contributed by atoms with Crippen LogP contribution in [0.2, 0.25) is 0 Å². The Bertz CT molecular complexity index is 316. The molecule has 0 heterocycles. The molecule has 1 atom stereocenters. The zero-order valence-corrected chi connectivity index (χ0v) is 8.55. The molecule has 0 amide bonds. The molecule has 0 aliphatic carbocycles. The first-order chi connectivity index (χ1) is 7.07. The predicted octanol–water partition coefficient (Wildman–Crippen LogP) is 0.453. The number of para-hydroxylation sites is 1. The fourth-order valence-corrected chi connectivity index (χ4v) is 0.773. The summed E-state index contributed by atoms with van der Waals surface area (Å²) < 4.78 is 18.9. The summed E-state index contributed by atoms with van der Waals surface area (Å²) in [4.78, 5) is 9.59. The maximum atomic E-state index is 10.0. The van der Waals surface area contributed by atoms with Gasteiger partial charge in [-0.25, -0.2) is 0 Å². The average molecular weight is 232 g/mol. The Kier molecular flexibility index (Phi) is 7.33. The van der Waals surface area contributed by atoms with Crippen molar-refractivity contribution in [2.45, 2.75) is 0 Å². The molecule has 0 aliphatic rings. The van der Waals surface area contributed by atoms with Gasteiger partial charge in [-0.2, -0.15) is 0 Å². The molecule has 1 N–H and O–H groups in total. The highest BCUT2D eigenvalue weighted by Gasteiger charge is 1.98. The van der Waals surface area contributed by atoms with Gasteiger partial charge in [-0.3, -0.25) is 14.3 Å². The van der Waals surface area contributed by atoms with E-state index in [1.54, 1.807) is 18.2 Å². The molecule has 0 spiro atoms. The molecule has 1 aromatic rings. The Morgan fingerprint density at radius 2 is 1.87 bits per heavy atom. The normalized spacial score (nSPS) is 11.1. The first kappa shape index (κ1) is 13.7. The summed E-state index contributed by atoms with van der Waals surface area (Å²) in [5, 5.41) is 17.9. The fourth-order valence-electron chi connectivity index (χ4n) is 0.624. The summed E-state index contributed by atoms with van der Waals surface area (Å²) in [6.07, 6.45) is 0. The smallest absolute Gasteiger partial charge is 0.269 e. The molecular formula is C8H10NO5S-. The minimum atomic E-state index is -2.07. The van der Waals surface area contributed by atoms with E-state index in [9.17, 15) is 18.9 Å². The van der Waals surface area contributed by atoms with Gasteiger partial charge in [-0.15, -0.1) is 0 Å². The molecule has 0 aromatic heterocycles. The topological polar surface area (TPSA) is 104 Å². The van der Waals surface area contributed by atoms with Gasteiger partial charge in [0.15, 0.2) is 0 Å². The summed E-state index contributed by atoms with van der Waals surface area (Å²) in [5.41, 5.74) is 0.137. The SMILES string of the molecule is O=S([O-])CCO.O=[N+]([O-])c1ccccc1. The third-order valence-corrected chi connectivity index (χ3v) is 1.74. The van der Waals surface area contributed by atoms with Crippen LogP contribution in [-0.4, -0.2) is 31.2 Å². The van der Waals surface area contributed by atoms with E-state index in [0.29, 0.717) is 0 Å². The quantitative estimate of drug-likeness (QED) is 0.463. The van der Waals surface area contributed by atoms with E-state index < -0.39 is 16.0 Å². The molecule has 0 bridgehead atoms.